The van der Waals surface area contributed by atoms with Gasteiger partial charge < -0.3 is 38.5 Å². The predicted octanol–water partition coefficient (Wildman–Crippen LogP) is 5.98. The number of carbonyl (C=O) groups is 4. The minimum atomic E-state index is -0.344. The molecule has 10 rings (SSSR count). The summed E-state index contributed by atoms with van der Waals surface area (Å²) >= 11 is 0. The van der Waals surface area contributed by atoms with Crippen LogP contribution in [0, 0.1) is 24.7 Å². The normalized spacial score (nSPS) is 24.1. The van der Waals surface area contributed by atoms with E-state index in [9.17, 15) is 19.2 Å². The number of piperidine rings is 2. The number of hydrogen-bond acceptors (Lipinski definition) is 10. The number of ether oxygens (including phenoxy) is 4. The van der Waals surface area contributed by atoms with Gasteiger partial charge in [0, 0.05) is 60.1 Å². The van der Waals surface area contributed by atoms with Crippen molar-refractivity contribution in [3.63, 3.8) is 0 Å². The largest absolute Gasteiger partial charge is 0.489 e. The van der Waals surface area contributed by atoms with Crippen LogP contribution in [-0.2, 0) is 64.2 Å². The molecule has 0 aliphatic carbocycles. The van der Waals surface area contributed by atoms with E-state index >= 15 is 0 Å². The van der Waals surface area contributed by atoms with E-state index in [0.717, 1.165) is 125 Å². The van der Waals surface area contributed by atoms with Gasteiger partial charge in [-0.2, -0.15) is 0 Å². The van der Waals surface area contributed by atoms with Gasteiger partial charge in [0.05, 0.1) is 22.2 Å². The van der Waals surface area contributed by atoms with E-state index < -0.39 is 0 Å². The fraction of sp³-hybridized carbons (Fsp3) is 0.510. The molecule has 0 N–H and O–H groups in total. The summed E-state index contributed by atoms with van der Waals surface area (Å²) in [6.07, 6.45) is 10.2. The molecule has 2 aromatic carbocycles. The molecule has 2 spiro atoms. The zero-order valence-electron chi connectivity index (χ0n) is 35.9. The van der Waals surface area contributed by atoms with Gasteiger partial charge in [0.15, 0.2) is 0 Å². The highest BCUT2D eigenvalue weighted by Gasteiger charge is 2.53. The molecule has 322 valence electrons. The molecule has 0 saturated carbocycles. The molecule has 2 aromatic rings. The quantitative estimate of drug-likeness (QED) is 0.295. The summed E-state index contributed by atoms with van der Waals surface area (Å²) in [7, 11) is 0. The molecule has 0 aromatic heterocycles. The molecule has 2 amide bonds. The SMILES string of the molecule is C=C1OCc2c1ccc(CCN1CCC3(CC1)CCN(C1=CC(=O)OC1)C3=O)c2C.C=C1OCc2c1ccc(CCN1CCC3(CC1)C[C@H](C)N(C1=CC(=O)OC1)C3=O)c2C. The highest BCUT2D eigenvalue weighted by atomic mass is 16.5. The second-order valence-electron chi connectivity index (χ2n) is 18.3. The summed E-state index contributed by atoms with van der Waals surface area (Å²) in [6, 6.07) is 8.80. The zero-order valence-corrected chi connectivity index (χ0v) is 35.9. The molecule has 4 fully saturated rings. The maximum atomic E-state index is 13.3. The Morgan fingerprint density at radius 2 is 1.08 bits per heavy atom. The second-order valence-corrected chi connectivity index (χ2v) is 18.3. The topological polar surface area (TPSA) is 118 Å². The smallest absolute Gasteiger partial charge is 0.333 e. The number of nitrogens with zero attached hydrogens (tertiary/aromatic N) is 4. The Bertz CT molecular complexity index is 2260. The van der Waals surface area contributed by atoms with Crippen LogP contribution in [0.3, 0.4) is 0 Å². The predicted molar refractivity (Wildman–Crippen MR) is 229 cm³/mol. The minimum Gasteiger partial charge on any atom is -0.489 e. The molecule has 12 nitrogen and oxygen atoms in total. The lowest BCUT2D eigenvalue weighted by atomic mass is 9.76. The van der Waals surface area contributed by atoms with Gasteiger partial charge in [0.25, 0.3) is 0 Å². The molecule has 0 bridgehead atoms. The number of rotatable bonds is 8. The van der Waals surface area contributed by atoms with Crippen molar-refractivity contribution in [2.75, 3.05) is 59.0 Å². The molecule has 0 radical (unpaired) electrons. The monoisotopic (exact) mass is 830 g/mol. The third-order valence-electron chi connectivity index (χ3n) is 15.1. The van der Waals surface area contributed by atoms with Crippen LogP contribution in [0.1, 0.15) is 90.0 Å². The van der Waals surface area contributed by atoms with Gasteiger partial charge >= 0.3 is 11.9 Å². The number of carbonyl (C=O) groups excluding carboxylic acids is 4. The number of benzene rings is 2. The van der Waals surface area contributed by atoms with Gasteiger partial charge in [0.1, 0.15) is 37.9 Å². The molecular formula is C49H58N4O8. The molecule has 8 heterocycles. The lowest BCUT2D eigenvalue weighted by Gasteiger charge is -2.38. The summed E-state index contributed by atoms with van der Waals surface area (Å²) in [5, 5.41) is 0. The molecule has 8 aliphatic rings. The van der Waals surface area contributed by atoms with Crippen LogP contribution in [0.4, 0.5) is 0 Å². The molecule has 61 heavy (non-hydrogen) atoms. The fourth-order valence-electron chi connectivity index (χ4n) is 11.1. The lowest BCUT2D eigenvalue weighted by Crippen LogP contribution is -2.45. The van der Waals surface area contributed by atoms with Gasteiger partial charge in [-0.15, -0.1) is 0 Å². The van der Waals surface area contributed by atoms with Crippen molar-refractivity contribution in [2.45, 2.75) is 91.4 Å². The Labute approximate surface area is 358 Å². The minimum absolute atomic E-state index is 0.117. The van der Waals surface area contributed by atoms with E-state index in [-0.39, 0.29) is 53.8 Å². The first-order valence-corrected chi connectivity index (χ1v) is 22.1. The number of amides is 2. The third kappa shape index (κ3) is 7.60. The van der Waals surface area contributed by atoms with Gasteiger partial charge in [-0.05, 0) is 121 Å². The lowest BCUT2D eigenvalue weighted by molar-refractivity contribution is -0.139. The van der Waals surface area contributed by atoms with Crippen LogP contribution in [0.25, 0.3) is 11.5 Å². The average molecular weight is 831 g/mol. The molecule has 0 unspecified atom stereocenters. The third-order valence-corrected chi connectivity index (χ3v) is 15.1. The van der Waals surface area contributed by atoms with Crippen molar-refractivity contribution in [3.8, 4) is 0 Å². The Kier molecular flexibility index (Phi) is 11.0. The van der Waals surface area contributed by atoms with Crippen LogP contribution < -0.4 is 0 Å². The van der Waals surface area contributed by atoms with Gasteiger partial charge in [0.2, 0.25) is 11.8 Å². The van der Waals surface area contributed by atoms with Crippen LogP contribution in [0.15, 0.2) is 61.0 Å². The van der Waals surface area contributed by atoms with Gasteiger partial charge in [-0.1, -0.05) is 37.4 Å². The van der Waals surface area contributed by atoms with Crippen molar-refractivity contribution in [3.05, 3.63) is 105 Å². The fourth-order valence-corrected chi connectivity index (χ4v) is 11.1. The number of fused-ring (bicyclic) bond motifs is 2. The second kappa shape index (κ2) is 16.2. The Hall–Kier alpha value is -5.20. The summed E-state index contributed by atoms with van der Waals surface area (Å²) in [6.45, 7) is 22.6. The number of likely N-dealkylation sites (tertiary alicyclic amines) is 4. The molecule has 1 atom stereocenters. The van der Waals surface area contributed by atoms with Gasteiger partial charge in [-0.3, -0.25) is 9.59 Å². The maximum absolute atomic E-state index is 13.3. The highest BCUT2D eigenvalue weighted by Crippen LogP contribution is 2.47. The molecule has 8 aliphatic heterocycles. The molecule has 12 heteroatoms. The van der Waals surface area contributed by atoms with E-state index in [1.54, 1.807) is 4.90 Å². The number of hydrogen-bond donors (Lipinski definition) is 0. The maximum Gasteiger partial charge on any atom is 0.333 e. The zero-order chi connectivity index (χ0) is 42.6. The van der Waals surface area contributed by atoms with E-state index in [1.165, 1.54) is 45.5 Å². The first-order chi connectivity index (χ1) is 29.3. The van der Waals surface area contributed by atoms with Crippen molar-refractivity contribution in [1.82, 2.24) is 19.6 Å². The van der Waals surface area contributed by atoms with E-state index in [0.29, 0.717) is 19.8 Å². The van der Waals surface area contributed by atoms with Crippen LogP contribution >= 0.6 is 0 Å². The molecular weight excluding hydrogens is 773 g/mol. The summed E-state index contributed by atoms with van der Waals surface area (Å²) in [5.41, 5.74) is 11.1. The van der Waals surface area contributed by atoms with E-state index in [4.69, 9.17) is 18.9 Å². The Balaban J connectivity index is 0.000000156. The van der Waals surface area contributed by atoms with Crippen molar-refractivity contribution < 1.29 is 38.1 Å². The number of esters is 2. The van der Waals surface area contributed by atoms with Crippen LogP contribution in [0.2, 0.25) is 0 Å². The van der Waals surface area contributed by atoms with E-state index in [1.807, 2.05) is 4.90 Å². The van der Waals surface area contributed by atoms with Crippen molar-refractivity contribution in [2.24, 2.45) is 10.8 Å². The van der Waals surface area contributed by atoms with Crippen LogP contribution in [-0.4, -0.2) is 108 Å². The number of cyclic esters (lactones) is 2. The standard InChI is InChI=1S/C25H30N2O4.C24H28N2O4/c1-16-13-25(24(29)27(16)20-12-23(28)31-14-20)7-10-26(11-8-25)9-6-19-4-5-21-18(3)30-15-22(21)17(19)2;1-16-18(3-4-20-17(2)29-15-21(16)20)5-9-25-10-6-24(7-11-25)8-12-26(23(24)28)19-13-22(27)30-14-19/h4-5,12,16H,3,6-11,13-15H2,1-2H3;3-4,13H,2,5-12,14-15H2,1H3/t16-;/m0./s1. The highest BCUT2D eigenvalue weighted by molar-refractivity contribution is 5.92. The average Bonchev–Trinajstić information content (AvgIpc) is 4.12. The summed E-state index contributed by atoms with van der Waals surface area (Å²) in [4.78, 5) is 57.9. The molecule has 4 saturated heterocycles. The van der Waals surface area contributed by atoms with Crippen molar-refractivity contribution in [1.29, 1.82) is 0 Å². The van der Waals surface area contributed by atoms with E-state index in [2.05, 4.69) is 68.0 Å². The Morgan fingerprint density at radius 1 is 0.607 bits per heavy atom. The first kappa shape index (κ1) is 41.2. The summed E-state index contributed by atoms with van der Waals surface area (Å²) in [5.74, 6) is 1.23. The van der Waals surface area contributed by atoms with Gasteiger partial charge in [-0.25, -0.2) is 9.59 Å². The first-order valence-electron chi connectivity index (χ1n) is 22.1. The van der Waals surface area contributed by atoms with Crippen LogP contribution in [0.5, 0.6) is 0 Å². The summed E-state index contributed by atoms with van der Waals surface area (Å²) < 4.78 is 21.2. The Morgan fingerprint density at radius 3 is 1.57 bits per heavy atom. The van der Waals surface area contributed by atoms with Crippen molar-refractivity contribution >= 4 is 35.3 Å².